The molecular formula is C15H21N3O2. The molecule has 0 radical (unpaired) electrons. The molecule has 0 saturated heterocycles. The minimum atomic E-state index is -0.290. The monoisotopic (exact) mass is 275 g/mol. The van der Waals surface area contributed by atoms with Gasteiger partial charge in [0.1, 0.15) is 0 Å². The van der Waals surface area contributed by atoms with E-state index in [1.54, 1.807) is 18.2 Å². The maximum Gasteiger partial charge on any atom is 0.319 e. The number of carbonyl (C=O) groups is 2. The van der Waals surface area contributed by atoms with Crippen molar-refractivity contribution in [1.29, 1.82) is 0 Å². The molecule has 0 spiro atoms. The van der Waals surface area contributed by atoms with E-state index in [1.165, 1.54) is 0 Å². The van der Waals surface area contributed by atoms with Crippen LogP contribution in [0.15, 0.2) is 24.3 Å². The van der Waals surface area contributed by atoms with Gasteiger partial charge in [0.2, 0.25) is 5.91 Å². The quantitative estimate of drug-likeness (QED) is 0.793. The van der Waals surface area contributed by atoms with E-state index in [-0.39, 0.29) is 23.4 Å². The average Bonchev–Trinajstić information content (AvgIpc) is 3.09. The molecule has 3 N–H and O–H groups in total. The molecule has 1 fully saturated rings. The van der Waals surface area contributed by atoms with Crippen LogP contribution in [0.25, 0.3) is 0 Å². The summed E-state index contributed by atoms with van der Waals surface area (Å²) >= 11 is 0. The Morgan fingerprint density at radius 1 is 1.10 bits per heavy atom. The van der Waals surface area contributed by atoms with Crippen LogP contribution in [0, 0.1) is 5.92 Å². The number of rotatable bonds is 3. The first-order valence-corrected chi connectivity index (χ1v) is 6.83. The average molecular weight is 275 g/mol. The zero-order valence-corrected chi connectivity index (χ0v) is 12.1. The van der Waals surface area contributed by atoms with Gasteiger partial charge in [0, 0.05) is 22.8 Å². The van der Waals surface area contributed by atoms with Gasteiger partial charge in [-0.2, -0.15) is 0 Å². The zero-order valence-electron chi connectivity index (χ0n) is 12.1. The van der Waals surface area contributed by atoms with Crippen molar-refractivity contribution in [2.75, 3.05) is 10.6 Å². The first-order valence-electron chi connectivity index (χ1n) is 6.83. The standard InChI is InChI=1S/C15H21N3O2/c1-15(2,3)18-14(20)17-12-6-4-5-11(9-12)16-13(19)10-7-8-10/h4-6,9-10H,7-8H2,1-3H3,(H,16,19)(H2,17,18,20). The number of benzene rings is 1. The van der Waals surface area contributed by atoms with E-state index in [4.69, 9.17) is 0 Å². The van der Waals surface area contributed by atoms with E-state index in [9.17, 15) is 9.59 Å². The number of urea groups is 1. The Balaban J connectivity index is 1.95. The van der Waals surface area contributed by atoms with Gasteiger partial charge >= 0.3 is 6.03 Å². The van der Waals surface area contributed by atoms with Gasteiger partial charge in [-0.25, -0.2) is 4.79 Å². The van der Waals surface area contributed by atoms with E-state index in [0.29, 0.717) is 11.4 Å². The maximum atomic E-state index is 11.8. The SMILES string of the molecule is CC(C)(C)NC(=O)Nc1cccc(NC(=O)C2CC2)c1. The minimum Gasteiger partial charge on any atom is -0.333 e. The van der Waals surface area contributed by atoms with Crippen LogP contribution in [0.4, 0.5) is 16.2 Å². The third-order valence-corrected chi connectivity index (χ3v) is 2.82. The summed E-state index contributed by atoms with van der Waals surface area (Å²) in [4.78, 5) is 23.5. The normalized spacial score (nSPS) is 14.6. The van der Waals surface area contributed by atoms with E-state index in [2.05, 4.69) is 16.0 Å². The van der Waals surface area contributed by atoms with Crippen molar-refractivity contribution >= 4 is 23.3 Å². The van der Waals surface area contributed by atoms with Crippen LogP contribution < -0.4 is 16.0 Å². The molecular weight excluding hydrogens is 254 g/mol. The fraction of sp³-hybridized carbons (Fsp3) is 0.467. The molecule has 1 saturated carbocycles. The smallest absolute Gasteiger partial charge is 0.319 e. The summed E-state index contributed by atoms with van der Waals surface area (Å²) in [5.74, 6) is 0.220. The minimum absolute atomic E-state index is 0.0568. The molecule has 0 bridgehead atoms. The lowest BCUT2D eigenvalue weighted by molar-refractivity contribution is -0.117. The molecule has 1 aliphatic carbocycles. The van der Waals surface area contributed by atoms with Crippen molar-refractivity contribution in [1.82, 2.24) is 5.32 Å². The van der Waals surface area contributed by atoms with Gasteiger partial charge in [0.15, 0.2) is 0 Å². The summed E-state index contributed by atoms with van der Waals surface area (Å²) in [6, 6.07) is 6.89. The summed E-state index contributed by atoms with van der Waals surface area (Å²) in [5.41, 5.74) is 1.07. The van der Waals surface area contributed by atoms with Crippen molar-refractivity contribution in [3.63, 3.8) is 0 Å². The Hall–Kier alpha value is -2.04. The van der Waals surface area contributed by atoms with E-state index in [0.717, 1.165) is 12.8 Å². The number of hydrogen-bond donors (Lipinski definition) is 3. The molecule has 0 aliphatic heterocycles. The van der Waals surface area contributed by atoms with Crippen LogP contribution in [-0.2, 0) is 4.79 Å². The summed E-state index contributed by atoms with van der Waals surface area (Å²) in [5, 5.41) is 8.43. The Bertz CT molecular complexity index is 516. The van der Waals surface area contributed by atoms with E-state index < -0.39 is 0 Å². The Morgan fingerprint density at radius 2 is 1.70 bits per heavy atom. The van der Waals surface area contributed by atoms with E-state index >= 15 is 0 Å². The highest BCUT2D eigenvalue weighted by Crippen LogP contribution is 2.30. The second-order valence-corrected chi connectivity index (χ2v) is 6.17. The highest BCUT2D eigenvalue weighted by atomic mass is 16.2. The predicted molar refractivity (Wildman–Crippen MR) is 79.7 cm³/mol. The molecule has 0 atom stereocenters. The predicted octanol–water partition coefficient (Wildman–Crippen LogP) is 2.96. The van der Waals surface area contributed by atoms with Crippen LogP contribution in [0.2, 0.25) is 0 Å². The van der Waals surface area contributed by atoms with Crippen molar-refractivity contribution in [3.8, 4) is 0 Å². The fourth-order valence-corrected chi connectivity index (χ4v) is 1.77. The molecule has 108 valence electrons. The molecule has 1 aliphatic rings. The molecule has 0 unspecified atom stereocenters. The van der Waals surface area contributed by atoms with Gasteiger partial charge in [-0.15, -0.1) is 0 Å². The summed E-state index contributed by atoms with van der Waals surface area (Å²) in [6.45, 7) is 5.75. The molecule has 5 heteroatoms. The number of carbonyl (C=O) groups excluding carboxylic acids is 2. The van der Waals surface area contributed by atoms with Crippen LogP contribution in [0.3, 0.4) is 0 Å². The van der Waals surface area contributed by atoms with Gasteiger partial charge in [-0.3, -0.25) is 4.79 Å². The van der Waals surface area contributed by atoms with E-state index in [1.807, 2.05) is 26.8 Å². The van der Waals surface area contributed by atoms with Crippen LogP contribution >= 0.6 is 0 Å². The molecule has 0 heterocycles. The highest BCUT2D eigenvalue weighted by Gasteiger charge is 2.29. The van der Waals surface area contributed by atoms with Crippen molar-refractivity contribution in [3.05, 3.63) is 24.3 Å². The number of hydrogen-bond acceptors (Lipinski definition) is 2. The Morgan fingerprint density at radius 3 is 2.25 bits per heavy atom. The third kappa shape index (κ3) is 4.57. The molecule has 3 amide bonds. The number of amides is 3. The van der Waals surface area contributed by atoms with Crippen LogP contribution in [0.5, 0.6) is 0 Å². The largest absolute Gasteiger partial charge is 0.333 e. The van der Waals surface area contributed by atoms with Gasteiger partial charge in [0.25, 0.3) is 0 Å². The molecule has 0 aromatic heterocycles. The van der Waals surface area contributed by atoms with Crippen molar-refractivity contribution in [2.24, 2.45) is 5.92 Å². The lowest BCUT2D eigenvalue weighted by Crippen LogP contribution is -2.43. The maximum absolute atomic E-state index is 11.8. The Kier molecular flexibility index (Phi) is 3.97. The number of anilines is 2. The zero-order chi connectivity index (χ0) is 14.8. The molecule has 1 aromatic carbocycles. The second kappa shape index (κ2) is 5.53. The van der Waals surface area contributed by atoms with Gasteiger partial charge in [0.05, 0.1) is 0 Å². The Labute approximate surface area is 119 Å². The van der Waals surface area contributed by atoms with Crippen LogP contribution in [-0.4, -0.2) is 17.5 Å². The lowest BCUT2D eigenvalue weighted by Gasteiger charge is -2.20. The van der Waals surface area contributed by atoms with Gasteiger partial charge in [-0.05, 0) is 51.8 Å². The molecule has 20 heavy (non-hydrogen) atoms. The number of nitrogens with one attached hydrogen (secondary N) is 3. The van der Waals surface area contributed by atoms with Gasteiger partial charge < -0.3 is 16.0 Å². The molecule has 1 aromatic rings. The fourth-order valence-electron chi connectivity index (χ4n) is 1.77. The van der Waals surface area contributed by atoms with Gasteiger partial charge in [-0.1, -0.05) is 6.07 Å². The first-order chi connectivity index (χ1) is 9.33. The second-order valence-electron chi connectivity index (χ2n) is 6.17. The molecule has 5 nitrogen and oxygen atoms in total. The highest BCUT2D eigenvalue weighted by molar-refractivity contribution is 5.95. The lowest BCUT2D eigenvalue weighted by atomic mass is 10.1. The summed E-state index contributed by atoms with van der Waals surface area (Å²) < 4.78 is 0. The topological polar surface area (TPSA) is 70.2 Å². The third-order valence-electron chi connectivity index (χ3n) is 2.82. The van der Waals surface area contributed by atoms with Crippen molar-refractivity contribution < 1.29 is 9.59 Å². The molecule has 2 rings (SSSR count). The van der Waals surface area contributed by atoms with Crippen LogP contribution in [0.1, 0.15) is 33.6 Å². The summed E-state index contributed by atoms with van der Waals surface area (Å²) in [6.07, 6.45) is 1.94. The van der Waals surface area contributed by atoms with Crippen molar-refractivity contribution in [2.45, 2.75) is 39.2 Å². The summed E-state index contributed by atoms with van der Waals surface area (Å²) in [7, 11) is 0. The first kappa shape index (κ1) is 14.4.